The molecule has 0 aromatic rings. The third-order valence-electron chi connectivity index (χ3n) is 0.644. The summed E-state index contributed by atoms with van der Waals surface area (Å²) in [6, 6.07) is 0. The third kappa shape index (κ3) is 7.34. The van der Waals surface area contributed by atoms with E-state index in [1.165, 1.54) is 0 Å². The second kappa shape index (κ2) is 3.38. The third-order valence-corrected chi connectivity index (χ3v) is 0.644. The van der Waals surface area contributed by atoms with E-state index in [0.29, 0.717) is 0 Å². The number of hydrogen-bond acceptors (Lipinski definition) is 1. The molecule has 0 saturated heterocycles. The first-order valence-corrected chi connectivity index (χ1v) is 3.01. The predicted molar refractivity (Wildman–Crippen MR) is 42.4 cm³/mol. The monoisotopic (exact) mass is 126 g/mol. The molecule has 0 bridgehead atoms. The standard InChI is InChI=1S/C7H14N2/c1-7(2,3)5-9-6-8-4/h5-6H,1-4H3/b8-6-,9-5-. The van der Waals surface area contributed by atoms with Crippen molar-refractivity contribution in [3.8, 4) is 0 Å². The van der Waals surface area contributed by atoms with Gasteiger partial charge in [-0.1, -0.05) is 20.8 Å². The molecule has 0 aliphatic heterocycles. The maximum absolute atomic E-state index is 3.94. The highest BCUT2D eigenvalue weighted by atomic mass is 14.8. The van der Waals surface area contributed by atoms with E-state index in [4.69, 9.17) is 0 Å². The van der Waals surface area contributed by atoms with Crippen LogP contribution < -0.4 is 0 Å². The van der Waals surface area contributed by atoms with Crippen molar-refractivity contribution in [1.29, 1.82) is 0 Å². The Morgan fingerprint density at radius 2 is 1.78 bits per heavy atom. The zero-order valence-electron chi connectivity index (χ0n) is 6.55. The van der Waals surface area contributed by atoms with E-state index in [1.54, 1.807) is 13.4 Å². The molecule has 0 aliphatic carbocycles. The molecular weight excluding hydrogens is 112 g/mol. The van der Waals surface area contributed by atoms with Crippen molar-refractivity contribution < 1.29 is 0 Å². The Bertz CT molecular complexity index is 117. The van der Waals surface area contributed by atoms with Crippen LogP contribution in [0.5, 0.6) is 0 Å². The van der Waals surface area contributed by atoms with Crippen LogP contribution >= 0.6 is 0 Å². The van der Waals surface area contributed by atoms with Gasteiger partial charge in [0.05, 0.1) is 0 Å². The highest BCUT2D eigenvalue weighted by Crippen LogP contribution is 2.07. The molecular formula is C7H14N2. The Morgan fingerprint density at radius 1 is 1.22 bits per heavy atom. The van der Waals surface area contributed by atoms with Crippen LogP contribution in [0.3, 0.4) is 0 Å². The first-order valence-electron chi connectivity index (χ1n) is 3.01. The average Bonchev–Trinajstić information content (AvgIpc) is 1.63. The lowest BCUT2D eigenvalue weighted by Crippen LogP contribution is -2.05. The lowest BCUT2D eigenvalue weighted by molar-refractivity contribution is 0.608. The van der Waals surface area contributed by atoms with Crippen molar-refractivity contribution in [2.45, 2.75) is 20.8 Å². The van der Waals surface area contributed by atoms with Crippen LogP contribution in [0.4, 0.5) is 0 Å². The highest BCUT2D eigenvalue weighted by Gasteiger charge is 2.03. The maximum Gasteiger partial charge on any atom is 0.109 e. The van der Waals surface area contributed by atoms with Crippen molar-refractivity contribution in [1.82, 2.24) is 0 Å². The molecule has 0 spiro atoms. The van der Waals surface area contributed by atoms with E-state index >= 15 is 0 Å². The van der Waals surface area contributed by atoms with Crippen molar-refractivity contribution >= 4 is 12.6 Å². The van der Waals surface area contributed by atoms with Crippen molar-refractivity contribution in [3.05, 3.63) is 0 Å². The summed E-state index contributed by atoms with van der Waals surface area (Å²) in [5.41, 5.74) is 0.168. The molecule has 0 aromatic carbocycles. The second-order valence-corrected chi connectivity index (χ2v) is 3.02. The van der Waals surface area contributed by atoms with Crippen molar-refractivity contribution in [2.24, 2.45) is 15.4 Å². The van der Waals surface area contributed by atoms with Gasteiger partial charge in [-0.05, 0) is 5.41 Å². The van der Waals surface area contributed by atoms with Gasteiger partial charge in [0.15, 0.2) is 0 Å². The minimum Gasteiger partial charge on any atom is -0.277 e. The summed E-state index contributed by atoms with van der Waals surface area (Å²) in [7, 11) is 1.71. The normalized spacial score (nSPS) is 13.8. The van der Waals surface area contributed by atoms with E-state index in [0.717, 1.165) is 0 Å². The largest absolute Gasteiger partial charge is 0.277 e. The van der Waals surface area contributed by atoms with Gasteiger partial charge in [-0.25, -0.2) is 4.99 Å². The van der Waals surface area contributed by atoms with Gasteiger partial charge in [-0.3, -0.25) is 4.99 Å². The highest BCUT2D eigenvalue weighted by molar-refractivity contribution is 5.75. The molecule has 0 fully saturated rings. The molecule has 2 nitrogen and oxygen atoms in total. The molecule has 0 amide bonds. The van der Waals surface area contributed by atoms with Crippen LogP contribution in [0.2, 0.25) is 0 Å². The van der Waals surface area contributed by atoms with Gasteiger partial charge in [-0.15, -0.1) is 0 Å². The first-order chi connectivity index (χ1) is 4.06. The minimum absolute atomic E-state index is 0.168. The lowest BCUT2D eigenvalue weighted by atomic mass is 9.99. The van der Waals surface area contributed by atoms with Gasteiger partial charge in [0.1, 0.15) is 6.34 Å². The summed E-state index contributed by atoms with van der Waals surface area (Å²) >= 11 is 0. The van der Waals surface area contributed by atoms with Crippen molar-refractivity contribution in [3.63, 3.8) is 0 Å². The summed E-state index contributed by atoms with van der Waals surface area (Å²) in [6.07, 6.45) is 3.42. The fourth-order valence-corrected chi connectivity index (χ4v) is 0.324. The first kappa shape index (κ1) is 8.34. The molecule has 52 valence electrons. The molecule has 0 radical (unpaired) electrons. The molecule has 0 aromatic heterocycles. The van der Waals surface area contributed by atoms with Gasteiger partial charge in [-0.2, -0.15) is 0 Å². The fraction of sp³-hybridized carbons (Fsp3) is 0.714. The summed E-state index contributed by atoms with van der Waals surface area (Å²) in [5.74, 6) is 0. The van der Waals surface area contributed by atoms with Crippen LogP contribution in [0, 0.1) is 5.41 Å². The number of hydrogen-bond donors (Lipinski definition) is 0. The maximum atomic E-state index is 3.94. The van der Waals surface area contributed by atoms with Gasteiger partial charge < -0.3 is 0 Å². The van der Waals surface area contributed by atoms with Crippen molar-refractivity contribution in [2.75, 3.05) is 7.05 Å². The van der Waals surface area contributed by atoms with Gasteiger partial charge in [0.25, 0.3) is 0 Å². The van der Waals surface area contributed by atoms with E-state index in [9.17, 15) is 0 Å². The molecule has 0 atom stereocenters. The van der Waals surface area contributed by atoms with Crippen LogP contribution in [0.1, 0.15) is 20.8 Å². The lowest BCUT2D eigenvalue weighted by Gasteiger charge is -2.08. The molecule has 0 N–H and O–H groups in total. The van der Waals surface area contributed by atoms with E-state index in [-0.39, 0.29) is 5.41 Å². The van der Waals surface area contributed by atoms with E-state index in [2.05, 4.69) is 30.8 Å². The average molecular weight is 126 g/mol. The summed E-state index contributed by atoms with van der Waals surface area (Å²) < 4.78 is 0. The molecule has 0 saturated carbocycles. The zero-order valence-corrected chi connectivity index (χ0v) is 6.55. The van der Waals surface area contributed by atoms with Crippen LogP contribution in [-0.4, -0.2) is 19.6 Å². The predicted octanol–water partition coefficient (Wildman–Crippen LogP) is 1.76. The summed E-state index contributed by atoms with van der Waals surface area (Å²) in [4.78, 5) is 7.66. The SMILES string of the molecule is C/N=C\N=C/C(C)(C)C. The zero-order chi connectivity index (χ0) is 7.33. The van der Waals surface area contributed by atoms with Gasteiger partial charge in [0.2, 0.25) is 0 Å². The Kier molecular flexibility index (Phi) is 3.13. The number of rotatable bonds is 1. The molecule has 0 rings (SSSR count). The number of aliphatic imine (C=N–C) groups is 2. The Balaban J connectivity index is 3.71. The Labute approximate surface area is 56.7 Å². The fourth-order valence-electron chi connectivity index (χ4n) is 0.324. The van der Waals surface area contributed by atoms with Gasteiger partial charge >= 0.3 is 0 Å². The second-order valence-electron chi connectivity index (χ2n) is 3.02. The molecule has 9 heavy (non-hydrogen) atoms. The number of nitrogens with zero attached hydrogens (tertiary/aromatic N) is 2. The van der Waals surface area contributed by atoms with Gasteiger partial charge in [0, 0.05) is 13.3 Å². The summed E-state index contributed by atoms with van der Waals surface area (Å²) in [6.45, 7) is 6.29. The molecule has 0 aliphatic rings. The Morgan fingerprint density at radius 3 is 2.11 bits per heavy atom. The smallest absolute Gasteiger partial charge is 0.109 e. The minimum atomic E-state index is 0.168. The van der Waals surface area contributed by atoms with Crippen LogP contribution in [0.25, 0.3) is 0 Å². The van der Waals surface area contributed by atoms with E-state index in [1.807, 2.05) is 6.21 Å². The topological polar surface area (TPSA) is 24.7 Å². The Hall–Kier alpha value is -0.660. The molecule has 0 heterocycles. The molecule has 0 unspecified atom stereocenters. The van der Waals surface area contributed by atoms with E-state index < -0.39 is 0 Å². The summed E-state index contributed by atoms with van der Waals surface area (Å²) in [5, 5.41) is 0. The molecule has 2 heteroatoms. The van der Waals surface area contributed by atoms with Crippen LogP contribution in [0.15, 0.2) is 9.98 Å². The quantitative estimate of drug-likeness (QED) is 0.378. The van der Waals surface area contributed by atoms with Crippen LogP contribution in [-0.2, 0) is 0 Å².